The van der Waals surface area contributed by atoms with Crippen LogP contribution in [0.15, 0.2) is 35.7 Å². The third kappa shape index (κ3) is 1.91. The van der Waals surface area contributed by atoms with E-state index >= 15 is 0 Å². The normalized spacial score (nSPS) is 15.8. The predicted octanol–water partition coefficient (Wildman–Crippen LogP) is 2.93. The second kappa shape index (κ2) is 4.94. The van der Waals surface area contributed by atoms with Crippen molar-refractivity contribution < 1.29 is 9.53 Å². The summed E-state index contributed by atoms with van der Waals surface area (Å²) in [7, 11) is 0. The van der Waals surface area contributed by atoms with Gasteiger partial charge in [0, 0.05) is 5.56 Å². The van der Waals surface area contributed by atoms with Crippen LogP contribution in [-0.2, 0) is 27.8 Å². The maximum atomic E-state index is 12.6. The van der Waals surface area contributed by atoms with Crippen LogP contribution < -0.4 is 5.73 Å². The average Bonchev–Trinajstić information content (AvgIpc) is 3.02. The number of carbonyl (C=O) groups is 1. The van der Waals surface area contributed by atoms with Gasteiger partial charge in [-0.25, -0.2) is 0 Å². The van der Waals surface area contributed by atoms with Crippen LogP contribution in [0, 0.1) is 0 Å². The molecule has 1 aliphatic carbocycles. The number of hydrogen-bond donors (Lipinski definition) is 1. The molecule has 2 N–H and O–H groups in total. The van der Waals surface area contributed by atoms with Gasteiger partial charge in [0.05, 0.1) is 11.6 Å². The lowest BCUT2D eigenvalue weighted by Gasteiger charge is -2.26. The van der Waals surface area contributed by atoms with Gasteiger partial charge in [0.2, 0.25) is 0 Å². The molecule has 0 saturated heterocycles. The van der Waals surface area contributed by atoms with E-state index in [0.717, 1.165) is 5.56 Å². The molecule has 0 bridgehead atoms. The molecule has 0 radical (unpaired) electrons. The number of esters is 1. The minimum atomic E-state index is -0.649. The maximum Gasteiger partial charge on any atom is 0.317 e. The Balaban J connectivity index is 2.08. The van der Waals surface area contributed by atoms with Gasteiger partial charge < -0.3 is 10.5 Å². The fourth-order valence-corrected chi connectivity index (χ4v) is 3.79. The molecule has 0 aliphatic heterocycles. The summed E-state index contributed by atoms with van der Waals surface area (Å²) in [4.78, 5) is 12.6. The average molecular weight is 287 g/mol. The molecular formula is C16H17NO2S. The van der Waals surface area contributed by atoms with Crippen molar-refractivity contribution in [3.05, 3.63) is 52.4 Å². The highest BCUT2D eigenvalue weighted by atomic mass is 32.1. The Morgan fingerprint density at radius 3 is 2.45 bits per heavy atom. The molecule has 104 valence electrons. The summed E-state index contributed by atoms with van der Waals surface area (Å²) in [6, 6.07) is 10.1. The molecular weight excluding hydrogens is 270 g/mol. The number of anilines is 1. The van der Waals surface area contributed by atoms with Crippen molar-refractivity contribution in [1.29, 1.82) is 0 Å². The number of rotatable bonds is 3. The van der Waals surface area contributed by atoms with E-state index in [0.29, 0.717) is 24.4 Å². The largest absolute Gasteiger partial charge is 0.465 e. The standard InChI is InChI=1S/C16H17NO2S/c1-2-19-15(18)16(13-7-8-20-14(13)17)9-11-5-3-4-6-12(11)10-16/h3-8H,2,9-10,17H2,1H3. The summed E-state index contributed by atoms with van der Waals surface area (Å²) < 4.78 is 5.35. The lowest BCUT2D eigenvalue weighted by molar-refractivity contribution is -0.149. The molecule has 0 amide bonds. The molecule has 4 heteroatoms. The summed E-state index contributed by atoms with van der Waals surface area (Å²) >= 11 is 1.47. The molecule has 1 aromatic carbocycles. The van der Waals surface area contributed by atoms with Crippen LogP contribution in [-0.4, -0.2) is 12.6 Å². The van der Waals surface area contributed by atoms with Gasteiger partial charge in [-0.3, -0.25) is 4.79 Å². The van der Waals surface area contributed by atoms with Gasteiger partial charge in [-0.2, -0.15) is 0 Å². The highest BCUT2D eigenvalue weighted by Crippen LogP contribution is 2.44. The van der Waals surface area contributed by atoms with Crippen molar-refractivity contribution in [2.75, 3.05) is 12.3 Å². The molecule has 1 aromatic heterocycles. The summed E-state index contributed by atoms with van der Waals surface area (Å²) in [6.07, 6.45) is 1.34. The summed E-state index contributed by atoms with van der Waals surface area (Å²) in [6.45, 7) is 2.23. The Labute approximate surface area is 122 Å². The first-order valence-corrected chi connectivity index (χ1v) is 7.63. The highest BCUT2D eigenvalue weighted by molar-refractivity contribution is 7.14. The molecule has 2 aromatic rings. The van der Waals surface area contributed by atoms with Crippen LogP contribution in [0.25, 0.3) is 0 Å². The number of nitrogens with two attached hydrogens (primary N) is 1. The van der Waals surface area contributed by atoms with Crippen molar-refractivity contribution in [1.82, 2.24) is 0 Å². The maximum absolute atomic E-state index is 12.6. The molecule has 0 saturated carbocycles. The van der Waals surface area contributed by atoms with E-state index < -0.39 is 5.41 Å². The van der Waals surface area contributed by atoms with Crippen LogP contribution in [0.3, 0.4) is 0 Å². The predicted molar refractivity (Wildman–Crippen MR) is 80.9 cm³/mol. The number of ether oxygens (including phenoxy) is 1. The highest BCUT2D eigenvalue weighted by Gasteiger charge is 2.47. The summed E-state index contributed by atoms with van der Waals surface area (Å²) in [5.74, 6) is -0.165. The van der Waals surface area contributed by atoms with Gasteiger partial charge in [-0.1, -0.05) is 24.3 Å². The molecule has 1 aliphatic rings. The van der Waals surface area contributed by atoms with Crippen LogP contribution >= 0.6 is 11.3 Å². The van der Waals surface area contributed by atoms with E-state index in [-0.39, 0.29) is 5.97 Å². The van der Waals surface area contributed by atoms with Crippen LogP contribution in [0.2, 0.25) is 0 Å². The van der Waals surface area contributed by atoms with E-state index in [4.69, 9.17) is 10.5 Å². The second-order valence-electron chi connectivity index (χ2n) is 5.12. The first-order chi connectivity index (χ1) is 9.67. The number of carbonyl (C=O) groups excluding carboxylic acids is 1. The van der Waals surface area contributed by atoms with Gasteiger partial charge in [-0.15, -0.1) is 11.3 Å². The fourth-order valence-electron chi connectivity index (χ4n) is 3.05. The van der Waals surface area contributed by atoms with Gasteiger partial charge in [-0.05, 0) is 42.3 Å². The Hall–Kier alpha value is -1.81. The zero-order valence-corrected chi connectivity index (χ0v) is 12.2. The molecule has 1 heterocycles. The third-order valence-corrected chi connectivity index (χ3v) is 4.73. The van der Waals surface area contributed by atoms with Crippen molar-refractivity contribution in [2.24, 2.45) is 0 Å². The first-order valence-electron chi connectivity index (χ1n) is 6.75. The zero-order valence-electron chi connectivity index (χ0n) is 11.4. The topological polar surface area (TPSA) is 52.3 Å². The molecule has 20 heavy (non-hydrogen) atoms. The Kier molecular flexibility index (Phi) is 3.26. The zero-order chi connectivity index (χ0) is 14.2. The summed E-state index contributed by atoms with van der Waals surface area (Å²) in [5.41, 5.74) is 8.78. The lowest BCUT2D eigenvalue weighted by atomic mass is 9.78. The van der Waals surface area contributed by atoms with Crippen LogP contribution in [0.5, 0.6) is 0 Å². The van der Waals surface area contributed by atoms with Crippen molar-refractivity contribution in [3.8, 4) is 0 Å². The number of fused-ring (bicyclic) bond motifs is 1. The van der Waals surface area contributed by atoms with Crippen molar-refractivity contribution in [2.45, 2.75) is 25.2 Å². The minimum Gasteiger partial charge on any atom is -0.465 e. The molecule has 0 unspecified atom stereocenters. The first kappa shape index (κ1) is 13.2. The van der Waals surface area contributed by atoms with E-state index in [1.165, 1.54) is 22.5 Å². The number of thiophene rings is 1. The third-order valence-electron chi connectivity index (χ3n) is 3.98. The Morgan fingerprint density at radius 2 is 1.95 bits per heavy atom. The minimum absolute atomic E-state index is 0.165. The Bertz CT molecular complexity index is 622. The SMILES string of the molecule is CCOC(=O)C1(c2ccsc2N)Cc2ccccc2C1. The van der Waals surface area contributed by atoms with Gasteiger partial charge in [0.15, 0.2) is 0 Å². The van der Waals surface area contributed by atoms with Crippen molar-refractivity contribution >= 4 is 22.3 Å². The second-order valence-corrected chi connectivity index (χ2v) is 6.07. The van der Waals surface area contributed by atoms with E-state index in [2.05, 4.69) is 12.1 Å². The Morgan fingerprint density at radius 1 is 1.30 bits per heavy atom. The molecule has 0 fully saturated rings. The summed E-state index contributed by atoms with van der Waals surface area (Å²) in [5, 5.41) is 2.65. The van der Waals surface area contributed by atoms with Gasteiger partial charge >= 0.3 is 5.97 Å². The monoisotopic (exact) mass is 287 g/mol. The molecule has 0 atom stereocenters. The molecule has 3 nitrogen and oxygen atoms in total. The smallest absolute Gasteiger partial charge is 0.317 e. The van der Waals surface area contributed by atoms with Crippen LogP contribution in [0.4, 0.5) is 5.00 Å². The lowest BCUT2D eigenvalue weighted by Crippen LogP contribution is -2.38. The fraction of sp³-hybridized carbons (Fsp3) is 0.312. The number of nitrogen functional groups attached to an aromatic ring is 1. The quantitative estimate of drug-likeness (QED) is 0.883. The molecule has 0 spiro atoms. The number of hydrogen-bond acceptors (Lipinski definition) is 4. The van der Waals surface area contributed by atoms with E-state index in [1.54, 1.807) is 0 Å². The van der Waals surface area contributed by atoms with E-state index in [9.17, 15) is 4.79 Å². The number of benzene rings is 1. The van der Waals surface area contributed by atoms with E-state index in [1.807, 2.05) is 30.5 Å². The van der Waals surface area contributed by atoms with Gasteiger partial charge in [0.1, 0.15) is 5.41 Å². The van der Waals surface area contributed by atoms with Crippen LogP contribution in [0.1, 0.15) is 23.6 Å². The van der Waals surface area contributed by atoms with Crippen molar-refractivity contribution in [3.63, 3.8) is 0 Å². The molecule has 3 rings (SSSR count). The van der Waals surface area contributed by atoms with Gasteiger partial charge in [0.25, 0.3) is 0 Å².